The first-order chi connectivity index (χ1) is 13.2. The summed E-state index contributed by atoms with van der Waals surface area (Å²) in [6, 6.07) is 23.0. The van der Waals surface area contributed by atoms with Gasteiger partial charge in [0, 0.05) is 12.1 Å². The first kappa shape index (κ1) is 17.7. The molecule has 4 rings (SSSR count). The van der Waals surface area contributed by atoms with E-state index < -0.39 is 0 Å². The summed E-state index contributed by atoms with van der Waals surface area (Å²) in [6.07, 6.45) is 2.46. The molecule has 0 bridgehead atoms. The van der Waals surface area contributed by atoms with Crippen LogP contribution in [0.3, 0.4) is 0 Å². The second-order valence-electron chi connectivity index (χ2n) is 7.41. The Balaban J connectivity index is 1.61. The van der Waals surface area contributed by atoms with E-state index in [9.17, 15) is 4.79 Å². The smallest absolute Gasteiger partial charge is 0.251 e. The van der Waals surface area contributed by atoms with Gasteiger partial charge in [-0.05, 0) is 61.3 Å². The van der Waals surface area contributed by atoms with Crippen molar-refractivity contribution in [3.8, 4) is 0 Å². The molecule has 3 heteroatoms. The third-order valence-corrected chi connectivity index (χ3v) is 5.50. The van der Waals surface area contributed by atoms with Crippen LogP contribution in [0.25, 0.3) is 10.8 Å². The Morgan fingerprint density at radius 3 is 2.56 bits per heavy atom. The molecule has 0 saturated carbocycles. The zero-order valence-corrected chi connectivity index (χ0v) is 15.8. The van der Waals surface area contributed by atoms with E-state index in [0.717, 1.165) is 24.2 Å². The van der Waals surface area contributed by atoms with E-state index in [4.69, 9.17) is 0 Å². The summed E-state index contributed by atoms with van der Waals surface area (Å²) in [6.45, 7) is 4.82. The van der Waals surface area contributed by atoms with Crippen LogP contribution in [0.4, 0.5) is 0 Å². The van der Waals surface area contributed by atoms with Crippen LogP contribution in [-0.2, 0) is 0 Å². The lowest BCUT2D eigenvalue weighted by atomic mass is 9.97. The van der Waals surface area contributed by atoms with Gasteiger partial charge in [-0.2, -0.15) is 0 Å². The van der Waals surface area contributed by atoms with Crippen molar-refractivity contribution in [3.05, 3.63) is 83.4 Å². The first-order valence-corrected chi connectivity index (χ1v) is 9.79. The second-order valence-corrected chi connectivity index (χ2v) is 7.41. The Morgan fingerprint density at radius 2 is 1.74 bits per heavy atom. The highest BCUT2D eigenvalue weighted by Crippen LogP contribution is 2.30. The van der Waals surface area contributed by atoms with Gasteiger partial charge in [0.1, 0.15) is 0 Å². The van der Waals surface area contributed by atoms with Crippen LogP contribution in [0.2, 0.25) is 0 Å². The highest BCUT2D eigenvalue weighted by atomic mass is 16.1. The molecule has 1 aliphatic rings. The van der Waals surface area contributed by atoms with E-state index in [-0.39, 0.29) is 11.9 Å². The number of likely N-dealkylation sites (tertiary alicyclic amines) is 1. The van der Waals surface area contributed by atoms with Gasteiger partial charge in [-0.3, -0.25) is 9.69 Å². The van der Waals surface area contributed by atoms with Gasteiger partial charge in [-0.15, -0.1) is 0 Å². The maximum atomic E-state index is 12.7. The van der Waals surface area contributed by atoms with Gasteiger partial charge < -0.3 is 5.32 Å². The van der Waals surface area contributed by atoms with Gasteiger partial charge in [0.15, 0.2) is 0 Å². The Morgan fingerprint density at radius 1 is 1.00 bits per heavy atom. The molecular formula is C24H26N2O. The molecule has 0 spiro atoms. The molecule has 1 N–H and O–H groups in total. The van der Waals surface area contributed by atoms with Gasteiger partial charge in [0.2, 0.25) is 0 Å². The zero-order chi connectivity index (χ0) is 18.6. The molecule has 1 saturated heterocycles. The minimum Gasteiger partial charge on any atom is -0.350 e. The van der Waals surface area contributed by atoms with Crippen molar-refractivity contribution < 1.29 is 4.79 Å². The molecule has 1 heterocycles. The SMILES string of the molecule is Cc1cccc(C(=O)NC[C@H](c2cccc3ccccc23)N2CCCC2)c1. The lowest BCUT2D eigenvalue weighted by molar-refractivity contribution is 0.0938. The number of hydrogen-bond donors (Lipinski definition) is 1. The van der Waals surface area contributed by atoms with Crippen LogP contribution in [-0.4, -0.2) is 30.4 Å². The van der Waals surface area contributed by atoms with Crippen LogP contribution in [0.15, 0.2) is 66.7 Å². The molecule has 3 nitrogen and oxygen atoms in total. The van der Waals surface area contributed by atoms with Gasteiger partial charge in [-0.25, -0.2) is 0 Å². The van der Waals surface area contributed by atoms with Gasteiger partial charge >= 0.3 is 0 Å². The Bertz CT molecular complexity index is 939. The van der Waals surface area contributed by atoms with Crippen LogP contribution < -0.4 is 5.32 Å². The Kier molecular flexibility index (Phi) is 5.21. The normalized spacial score (nSPS) is 15.7. The van der Waals surface area contributed by atoms with Gasteiger partial charge in [-0.1, -0.05) is 60.2 Å². The van der Waals surface area contributed by atoms with E-state index in [1.54, 1.807) is 0 Å². The monoisotopic (exact) mass is 358 g/mol. The number of benzene rings is 3. The lowest BCUT2D eigenvalue weighted by Crippen LogP contribution is -2.37. The summed E-state index contributed by atoms with van der Waals surface area (Å²) in [7, 11) is 0. The molecule has 0 aromatic heterocycles. The summed E-state index contributed by atoms with van der Waals surface area (Å²) in [4.78, 5) is 15.2. The molecule has 0 aliphatic carbocycles. The number of fused-ring (bicyclic) bond motifs is 1. The van der Waals surface area contributed by atoms with Crippen LogP contribution in [0, 0.1) is 6.92 Å². The number of carbonyl (C=O) groups is 1. The first-order valence-electron chi connectivity index (χ1n) is 9.79. The van der Waals surface area contributed by atoms with Crippen molar-refractivity contribution in [2.75, 3.05) is 19.6 Å². The molecule has 3 aromatic rings. The van der Waals surface area contributed by atoms with Crippen molar-refractivity contribution in [1.29, 1.82) is 0 Å². The molecule has 3 aromatic carbocycles. The minimum absolute atomic E-state index is 0.00290. The lowest BCUT2D eigenvalue weighted by Gasteiger charge is -2.29. The standard InChI is InChI=1S/C24H26N2O/c1-18-8-6-11-20(16-18)24(27)25-17-23(26-14-4-5-15-26)22-13-7-10-19-9-2-3-12-21(19)22/h2-3,6-13,16,23H,4-5,14-15,17H2,1H3,(H,25,27)/t23-/m1/s1. The highest BCUT2D eigenvalue weighted by Gasteiger charge is 2.25. The summed E-state index contributed by atoms with van der Waals surface area (Å²) in [5.74, 6) is 0.00290. The molecular weight excluding hydrogens is 332 g/mol. The third kappa shape index (κ3) is 3.88. The third-order valence-electron chi connectivity index (χ3n) is 5.50. The predicted octanol–water partition coefficient (Wildman–Crippen LogP) is 4.72. The van der Waals surface area contributed by atoms with Crippen molar-refractivity contribution in [1.82, 2.24) is 10.2 Å². The predicted molar refractivity (Wildman–Crippen MR) is 111 cm³/mol. The van der Waals surface area contributed by atoms with E-state index >= 15 is 0 Å². The fourth-order valence-electron chi connectivity index (χ4n) is 4.11. The molecule has 27 heavy (non-hydrogen) atoms. The van der Waals surface area contributed by atoms with E-state index in [0.29, 0.717) is 6.54 Å². The highest BCUT2D eigenvalue weighted by molar-refractivity contribution is 5.94. The fraction of sp³-hybridized carbons (Fsp3) is 0.292. The number of amides is 1. The fourth-order valence-corrected chi connectivity index (χ4v) is 4.11. The summed E-state index contributed by atoms with van der Waals surface area (Å²) < 4.78 is 0. The largest absolute Gasteiger partial charge is 0.350 e. The van der Waals surface area contributed by atoms with Crippen LogP contribution >= 0.6 is 0 Å². The molecule has 1 fully saturated rings. The molecule has 1 atom stereocenters. The van der Waals surface area contributed by atoms with Crippen LogP contribution in [0.5, 0.6) is 0 Å². The summed E-state index contributed by atoms with van der Waals surface area (Å²) in [5.41, 5.74) is 3.14. The van der Waals surface area contributed by atoms with Crippen molar-refractivity contribution in [2.45, 2.75) is 25.8 Å². The number of nitrogens with zero attached hydrogens (tertiary/aromatic N) is 1. The summed E-state index contributed by atoms with van der Waals surface area (Å²) >= 11 is 0. The minimum atomic E-state index is 0.00290. The van der Waals surface area contributed by atoms with Crippen molar-refractivity contribution in [2.24, 2.45) is 0 Å². The maximum Gasteiger partial charge on any atom is 0.251 e. The van der Waals surface area contributed by atoms with Crippen molar-refractivity contribution >= 4 is 16.7 Å². The molecule has 1 amide bonds. The molecule has 138 valence electrons. The Labute approximate surface area is 161 Å². The average Bonchev–Trinajstić information content (AvgIpc) is 3.22. The average molecular weight is 358 g/mol. The molecule has 0 unspecified atom stereocenters. The summed E-state index contributed by atoms with van der Waals surface area (Å²) in [5, 5.41) is 5.72. The molecule has 0 radical (unpaired) electrons. The van der Waals surface area contributed by atoms with E-state index in [1.165, 1.54) is 29.2 Å². The molecule has 1 aliphatic heterocycles. The zero-order valence-electron chi connectivity index (χ0n) is 15.8. The van der Waals surface area contributed by atoms with E-state index in [2.05, 4.69) is 52.7 Å². The Hall–Kier alpha value is -2.65. The van der Waals surface area contributed by atoms with Crippen LogP contribution in [0.1, 0.15) is 40.4 Å². The number of carbonyl (C=O) groups excluding carboxylic acids is 1. The van der Waals surface area contributed by atoms with Crippen molar-refractivity contribution in [3.63, 3.8) is 0 Å². The maximum absolute atomic E-state index is 12.7. The number of aryl methyl sites for hydroxylation is 1. The van der Waals surface area contributed by atoms with E-state index in [1.807, 2.05) is 31.2 Å². The van der Waals surface area contributed by atoms with Gasteiger partial charge in [0.05, 0.1) is 6.04 Å². The number of nitrogens with one attached hydrogen (secondary N) is 1. The number of rotatable bonds is 5. The topological polar surface area (TPSA) is 32.3 Å². The second kappa shape index (κ2) is 7.93. The quantitative estimate of drug-likeness (QED) is 0.716. The number of hydrogen-bond acceptors (Lipinski definition) is 2. The van der Waals surface area contributed by atoms with Gasteiger partial charge in [0.25, 0.3) is 5.91 Å².